The molecule has 4 aromatic rings. The fourth-order valence-electron chi connectivity index (χ4n) is 3.22. The Hall–Kier alpha value is -3.56. The third-order valence-corrected chi connectivity index (χ3v) is 7.55. The molecule has 0 saturated carbocycles. The van der Waals surface area contributed by atoms with Crippen LogP contribution in [0.3, 0.4) is 0 Å². The number of fused-ring (bicyclic) bond motifs is 1. The van der Waals surface area contributed by atoms with Crippen molar-refractivity contribution in [2.45, 2.75) is 4.21 Å². The lowest BCUT2D eigenvalue weighted by molar-refractivity contribution is 0.102. The molecule has 2 N–H and O–H groups in total. The van der Waals surface area contributed by atoms with Gasteiger partial charge in [-0.05, 0) is 46.5 Å². The maximum atomic E-state index is 13.2. The topological polar surface area (TPSA) is 93.7 Å². The Morgan fingerprint density at radius 1 is 0.875 bits per heavy atom. The smallest absolute Gasteiger partial charge is 0.271 e. The van der Waals surface area contributed by atoms with Crippen LogP contribution in [0.4, 0.5) is 11.4 Å². The minimum Gasteiger partial charge on any atom is -0.497 e. The summed E-state index contributed by atoms with van der Waals surface area (Å²) < 4.78 is 38.9. The van der Waals surface area contributed by atoms with Crippen LogP contribution >= 0.6 is 11.3 Å². The van der Waals surface area contributed by atoms with Gasteiger partial charge in [-0.25, -0.2) is 8.42 Å². The zero-order valence-corrected chi connectivity index (χ0v) is 18.9. The van der Waals surface area contributed by atoms with E-state index in [2.05, 4.69) is 10.0 Å². The van der Waals surface area contributed by atoms with Crippen molar-refractivity contribution in [3.8, 4) is 11.5 Å². The molecule has 3 aromatic carbocycles. The molecule has 1 heterocycles. The molecule has 0 fully saturated rings. The van der Waals surface area contributed by atoms with E-state index in [1.165, 1.54) is 20.3 Å². The van der Waals surface area contributed by atoms with Gasteiger partial charge in [0.15, 0.2) is 0 Å². The molecule has 0 aliphatic heterocycles. The Morgan fingerprint density at radius 3 is 2.28 bits per heavy atom. The number of sulfonamides is 1. The quantitative estimate of drug-likeness (QED) is 0.399. The van der Waals surface area contributed by atoms with Gasteiger partial charge in [-0.15, -0.1) is 11.3 Å². The van der Waals surface area contributed by atoms with Crippen LogP contribution in [0.2, 0.25) is 0 Å². The summed E-state index contributed by atoms with van der Waals surface area (Å²) in [5, 5.41) is 6.09. The molecular formula is C23H20N2O5S2. The predicted octanol–water partition coefficient (Wildman–Crippen LogP) is 4.97. The van der Waals surface area contributed by atoms with Gasteiger partial charge in [0, 0.05) is 6.07 Å². The third kappa shape index (κ3) is 4.39. The van der Waals surface area contributed by atoms with Gasteiger partial charge in [-0.1, -0.05) is 30.3 Å². The Balaban J connectivity index is 1.75. The maximum absolute atomic E-state index is 13.2. The van der Waals surface area contributed by atoms with E-state index in [0.717, 1.165) is 22.1 Å². The number of amides is 1. The van der Waals surface area contributed by atoms with Crippen molar-refractivity contribution in [2.24, 2.45) is 0 Å². The molecule has 0 aliphatic rings. The molecule has 0 unspecified atom stereocenters. The van der Waals surface area contributed by atoms with E-state index < -0.39 is 15.9 Å². The molecular weight excluding hydrogens is 448 g/mol. The number of methoxy groups -OCH3 is 2. The predicted molar refractivity (Wildman–Crippen MR) is 127 cm³/mol. The highest BCUT2D eigenvalue weighted by Crippen LogP contribution is 2.32. The van der Waals surface area contributed by atoms with Crippen LogP contribution in [0.15, 0.2) is 76.3 Å². The van der Waals surface area contributed by atoms with Gasteiger partial charge >= 0.3 is 0 Å². The molecule has 0 saturated heterocycles. The van der Waals surface area contributed by atoms with Gasteiger partial charge in [-0.3, -0.25) is 9.52 Å². The second-order valence-corrected chi connectivity index (χ2v) is 9.66. The summed E-state index contributed by atoms with van der Waals surface area (Å²) in [6.45, 7) is 0. The summed E-state index contributed by atoms with van der Waals surface area (Å²) in [6.07, 6.45) is 0. The Labute approximate surface area is 189 Å². The highest BCUT2D eigenvalue weighted by molar-refractivity contribution is 7.94. The monoisotopic (exact) mass is 468 g/mol. The lowest BCUT2D eigenvalue weighted by Gasteiger charge is -2.15. The highest BCUT2D eigenvalue weighted by Gasteiger charge is 2.21. The fraction of sp³-hybridized carbons (Fsp3) is 0.0870. The van der Waals surface area contributed by atoms with Gasteiger partial charge < -0.3 is 14.8 Å². The minimum absolute atomic E-state index is 0.161. The number of carbonyl (C=O) groups is 1. The molecule has 164 valence electrons. The molecule has 32 heavy (non-hydrogen) atoms. The van der Waals surface area contributed by atoms with E-state index in [0.29, 0.717) is 17.2 Å². The van der Waals surface area contributed by atoms with Gasteiger partial charge in [0.1, 0.15) is 15.7 Å². The first kappa shape index (κ1) is 21.7. The van der Waals surface area contributed by atoms with E-state index in [-0.39, 0.29) is 15.5 Å². The van der Waals surface area contributed by atoms with Crippen LogP contribution in [-0.4, -0.2) is 28.5 Å². The summed E-state index contributed by atoms with van der Waals surface area (Å²) in [5.41, 5.74) is 0.794. The summed E-state index contributed by atoms with van der Waals surface area (Å²) in [6, 6.07) is 18.9. The number of thiophene rings is 1. The molecule has 0 atom stereocenters. The van der Waals surface area contributed by atoms with E-state index in [9.17, 15) is 13.2 Å². The normalized spacial score (nSPS) is 11.2. The van der Waals surface area contributed by atoms with Gasteiger partial charge in [-0.2, -0.15) is 0 Å². The van der Waals surface area contributed by atoms with Crippen molar-refractivity contribution in [1.29, 1.82) is 0 Å². The van der Waals surface area contributed by atoms with Crippen molar-refractivity contribution in [3.63, 3.8) is 0 Å². The maximum Gasteiger partial charge on any atom is 0.271 e. The van der Waals surface area contributed by atoms with Crippen LogP contribution < -0.4 is 19.5 Å². The summed E-state index contributed by atoms with van der Waals surface area (Å²) in [5.74, 6) is 0.511. The number of hydrogen-bond donors (Lipinski definition) is 2. The molecule has 1 aromatic heterocycles. The zero-order chi connectivity index (χ0) is 22.7. The van der Waals surface area contributed by atoms with Crippen molar-refractivity contribution >= 4 is 49.4 Å². The SMILES string of the molecule is COc1ccc(NC(=O)c2cc3ccccc3cc2NS(=O)(=O)c2cccs2)c(OC)c1. The molecule has 0 aliphatic carbocycles. The Kier molecular flexibility index (Phi) is 6.02. The van der Waals surface area contributed by atoms with Crippen LogP contribution in [0.25, 0.3) is 10.8 Å². The van der Waals surface area contributed by atoms with Crippen LogP contribution in [0, 0.1) is 0 Å². The van der Waals surface area contributed by atoms with Crippen LogP contribution in [0.1, 0.15) is 10.4 Å². The van der Waals surface area contributed by atoms with E-state index >= 15 is 0 Å². The third-order valence-electron chi connectivity index (χ3n) is 4.79. The number of hydrogen-bond acceptors (Lipinski definition) is 6. The summed E-state index contributed by atoms with van der Waals surface area (Å²) in [4.78, 5) is 13.2. The van der Waals surface area contributed by atoms with Crippen LogP contribution in [0.5, 0.6) is 11.5 Å². The fourth-order valence-corrected chi connectivity index (χ4v) is 5.28. The van der Waals surface area contributed by atoms with Gasteiger partial charge in [0.2, 0.25) is 0 Å². The average molecular weight is 469 g/mol. The average Bonchev–Trinajstić information content (AvgIpc) is 3.35. The lowest BCUT2D eigenvalue weighted by atomic mass is 10.0. The zero-order valence-electron chi connectivity index (χ0n) is 17.3. The summed E-state index contributed by atoms with van der Waals surface area (Å²) in [7, 11) is -0.819. The Bertz CT molecular complexity index is 1380. The van der Waals surface area contributed by atoms with Crippen molar-refractivity contribution in [2.75, 3.05) is 24.3 Å². The summed E-state index contributed by atoms with van der Waals surface area (Å²) >= 11 is 1.10. The molecule has 1 amide bonds. The number of anilines is 2. The molecule has 0 spiro atoms. The number of benzene rings is 3. The van der Waals surface area contributed by atoms with Crippen molar-refractivity contribution in [3.05, 3.63) is 77.7 Å². The Morgan fingerprint density at radius 2 is 1.62 bits per heavy atom. The minimum atomic E-state index is -3.84. The van der Waals surface area contributed by atoms with E-state index in [4.69, 9.17) is 9.47 Å². The van der Waals surface area contributed by atoms with Crippen LogP contribution in [-0.2, 0) is 10.0 Å². The number of nitrogens with one attached hydrogen (secondary N) is 2. The van der Waals surface area contributed by atoms with Gasteiger partial charge in [0.25, 0.3) is 15.9 Å². The highest BCUT2D eigenvalue weighted by atomic mass is 32.2. The first-order valence-corrected chi connectivity index (χ1v) is 11.9. The molecule has 0 bridgehead atoms. The van der Waals surface area contributed by atoms with E-state index in [1.807, 2.05) is 24.3 Å². The first-order valence-electron chi connectivity index (χ1n) is 9.54. The van der Waals surface area contributed by atoms with Crippen molar-refractivity contribution in [1.82, 2.24) is 0 Å². The largest absolute Gasteiger partial charge is 0.497 e. The van der Waals surface area contributed by atoms with E-state index in [1.54, 1.807) is 41.8 Å². The van der Waals surface area contributed by atoms with Gasteiger partial charge in [0.05, 0.1) is 31.2 Å². The molecule has 9 heteroatoms. The second kappa shape index (κ2) is 8.89. The standard InChI is InChI=1S/C23H20N2O5S2/c1-29-17-9-10-19(21(14-17)30-2)24-23(26)18-12-15-6-3-4-7-16(15)13-20(18)25-32(27,28)22-8-5-11-31-22/h3-14,25H,1-2H3,(H,24,26). The molecule has 4 rings (SSSR count). The number of ether oxygens (including phenoxy) is 2. The second-order valence-electron chi connectivity index (χ2n) is 6.80. The van der Waals surface area contributed by atoms with Crippen molar-refractivity contribution < 1.29 is 22.7 Å². The number of rotatable bonds is 7. The number of carbonyl (C=O) groups excluding carboxylic acids is 1. The molecule has 7 nitrogen and oxygen atoms in total. The first-order chi connectivity index (χ1) is 15.4. The lowest BCUT2D eigenvalue weighted by Crippen LogP contribution is -2.18. The molecule has 0 radical (unpaired) electrons.